The van der Waals surface area contributed by atoms with Crippen molar-refractivity contribution in [3.63, 3.8) is 0 Å². The number of hydrogen-bond acceptors (Lipinski definition) is 4. The highest BCUT2D eigenvalue weighted by Crippen LogP contribution is 2.28. The van der Waals surface area contributed by atoms with E-state index in [-0.39, 0.29) is 16.4 Å². The van der Waals surface area contributed by atoms with E-state index in [0.717, 1.165) is 12.2 Å². The van der Waals surface area contributed by atoms with Gasteiger partial charge in [0.05, 0.1) is 11.5 Å². The van der Waals surface area contributed by atoms with Crippen molar-refractivity contribution in [1.29, 1.82) is 0 Å². The van der Waals surface area contributed by atoms with E-state index in [4.69, 9.17) is 22.7 Å². The van der Waals surface area contributed by atoms with Gasteiger partial charge in [0.15, 0.2) is 0 Å². The summed E-state index contributed by atoms with van der Waals surface area (Å²) in [6.45, 7) is 3.17. The molecule has 3 N–H and O–H groups in total. The lowest BCUT2D eigenvalue weighted by molar-refractivity contribution is 0.129. The Balaban J connectivity index is 1.91. The van der Waals surface area contributed by atoms with Crippen LogP contribution in [0.2, 0.25) is 0 Å². The molecule has 0 unspecified atom stereocenters. The molecule has 1 aliphatic carbocycles. The highest BCUT2D eigenvalue weighted by molar-refractivity contribution is 7.89. The van der Waals surface area contributed by atoms with Crippen LogP contribution in [-0.4, -0.2) is 33.2 Å². The summed E-state index contributed by atoms with van der Waals surface area (Å²) < 4.78 is 32.2. The summed E-state index contributed by atoms with van der Waals surface area (Å²) in [7, 11) is -3.52. The van der Waals surface area contributed by atoms with Crippen LogP contribution >= 0.6 is 12.2 Å². The van der Waals surface area contributed by atoms with Crippen molar-refractivity contribution in [1.82, 2.24) is 4.72 Å². The van der Waals surface area contributed by atoms with Crippen molar-refractivity contribution >= 4 is 27.2 Å². The Bertz CT molecular complexity index is 625. The number of ether oxygens (including phenoxy) is 1. The van der Waals surface area contributed by atoms with Crippen LogP contribution < -0.4 is 10.5 Å². The van der Waals surface area contributed by atoms with E-state index in [1.807, 2.05) is 0 Å². The summed E-state index contributed by atoms with van der Waals surface area (Å²) in [5, 5.41) is 0. The predicted octanol–water partition coefficient (Wildman–Crippen LogP) is 1.33. The average Bonchev–Trinajstić information content (AvgIpc) is 3.21. The topological polar surface area (TPSA) is 81.4 Å². The van der Waals surface area contributed by atoms with Crippen LogP contribution in [0.1, 0.15) is 24.0 Å². The molecule has 0 saturated heterocycles. The van der Waals surface area contributed by atoms with E-state index in [9.17, 15) is 8.42 Å². The van der Waals surface area contributed by atoms with E-state index < -0.39 is 10.0 Å². The Morgan fingerprint density at radius 3 is 2.76 bits per heavy atom. The van der Waals surface area contributed by atoms with E-state index in [1.165, 1.54) is 18.9 Å². The van der Waals surface area contributed by atoms with Gasteiger partial charge in [0, 0.05) is 18.7 Å². The molecule has 116 valence electrons. The first-order valence-corrected chi connectivity index (χ1v) is 8.77. The standard InChI is InChI=1S/C14H20N2O3S2/c1-10-8-12(4-5-13(10)14(15)20)21(17,18)16-6-7-19-9-11-2-3-11/h4-5,8,11,16H,2-3,6-7,9H2,1H3,(H2,15,20). The number of thiocarbonyl (C=S) groups is 1. The molecule has 0 spiro atoms. The molecule has 1 aromatic rings. The maximum absolute atomic E-state index is 12.1. The van der Waals surface area contributed by atoms with Crippen molar-refractivity contribution < 1.29 is 13.2 Å². The summed E-state index contributed by atoms with van der Waals surface area (Å²) >= 11 is 4.91. The van der Waals surface area contributed by atoms with Gasteiger partial charge in [-0.1, -0.05) is 18.3 Å². The highest BCUT2D eigenvalue weighted by Gasteiger charge is 2.21. The fourth-order valence-electron chi connectivity index (χ4n) is 1.95. The molecular weight excluding hydrogens is 308 g/mol. The van der Waals surface area contributed by atoms with Crippen LogP contribution in [0.4, 0.5) is 0 Å². The summed E-state index contributed by atoms with van der Waals surface area (Å²) in [5.74, 6) is 0.678. The van der Waals surface area contributed by atoms with Gasteiger partial charge in [0.1, 0.15) is 4.99 Å². The van der Waals surface area contributed by atoms with Gasteiger partial charge >= 0.3 is 0 Å². The van der Waals surface area contributed by atoms with Gasteiger partial charge in [-0.15, -0.1) is 0 Å². The lowest BCUT2D eigenvalue weighted by atomic mass is 10.1. The first-order chi connectivity index (χ1) is 9.90. The van der Waals surface area contributed by atoms with Crippen LogP contribution in [0, 0.1) is 12.8 Å². The molecule has 0 amide bonds. The molecule has 0 heterocycles. The van der Waals surface area contributed by atoms with Crippen molar-refractivity contribution in [2.24, 2.45) is 11.7 Å². The second kappa shape index (κ2) is 6.83. The number of aryl methyl sites for hydroxylation is 1. The molecule has 7 heteroatoms. The van der Waals surface area contributed by atoms with Gasteiger partial charge in [-0.25, -0.2) is 13.1 Å². The van der Waals surface area contributed by atoms with Crippen molar-refractivity contribution in [3.05, 3.63) is 29.3 Å². The molecule has 0 radical (unpaired) electrons. The third kappa shape index (κ3) is 4.74. The average molecular weight is 328 g/mol. The van der Waals surface area contributed by atoms with Crippen LogP contribution in [-0.2, 0) is 14.8 Å². The quantitative estimate of drug-likeness (QED) is 0.556. The van der Waals surface area contributed by atoms with Crippen LogP contribution in [0.3, 0.4) is 0 Å². The van der Waals surface area contributed by atoms with Crippen LogP contribution in [0.5, 0.6) is 0 Å². The zero-order valence-electron chi connectivity index (χ0n) is 12.0. The maximum atomic E-state index is 12.1. The Hall–Kier alpha value is -1.02. The number of nitrogens with one attached hydrogen (secondary N) is 1. The van der Waals surface area contributed by atoms with Gasteiger partial charge < -0.3 is 10.5 Å². The summed E-state index contributed by atoms with van der Waals surface area (Å²) in [5.41, 5.74) is 7.00. The SMILES string of the molecule is Cc1cc(S(=O)(=O)NCCOCC2CC2)ccc1C(N)=S. The van der Waals surface area contributed by atoms with E-state index in [2.05, 4.69) is 4.72 Å². The normalized spacial score (nSPS) is 15.1. The highest BCUT2D eigenvalue weighted by atomic mass is 32.2. The minimum Gasteiger partial charge on any atom is -0.389 e. The summed E-state index contributed by atoms with van der Waals surface area (Å²) in [6, 6.07) is 4.71. The van der Waals surface area contributed by atoms with Gasteiger partial charge in [0.2, 0.25) is 10.0 Å². The van der Waals surface area contributed by atoms with Crippen molar-refractivity contribution in [2.75, 3.05) is 19.8 Å². The second-order valence-corrected chi connectivity index (χ2v) is 7.46. The molecule has 0 aliphatic heterocycles. The van der Waals surface area contributed by atoms with Crippen molar-refractivity contribution in [2.45, 2.75) is 24.7 Å². The number of rotatable bonds is 8. The largest absolute Gasteiger partial charge is 0.389 e. The lowest BCUT2D eigenvalue weighted by Gasteiger charge is -2.10. The molecule has 1 aromatic carbocycles. The van der Waals surface area contributed by atoms with Gasteiger partial charge in [-0.2, -0.15) is 0 Å². The fraction of sp³-hybridized carbons (Fsp3) is 0.500. The summed E-state index contributed by atoms with van der Waals surface area (Å²) in [4.78, 5) is 0.472. The Kier molecular flexibility index (Phi) is 5.32. The molecule has 5 nitrogen and oxygen atoms in total. The molecule has 21 heavy (non-hydrogen) atoms. The number of benzene rings is 1. The Morgan fingerprint density at radius 1 is 1.48 bits per heavy atom. The molecule has 0 atom stereocenters. The van der Waals surface area contributed by atoms with Gasteiger partial charge in [-0.3, -0.25) is 0 Å². The Labute approximate surface area is 130 Å². The number of nitrogens with two attached hydrogens (primary N) is 1. The Morgan fingerprint density at radius 2 is 2.19 bits per heavy atom. The second-order valence-electron chi connectivity index (χ2n) is 5.26. The summed E-state index contributed by atoms with van der Waals surface area (Å²) in [6.07, 6.45) is 2.45. The molecule has 0 aromatic heterocycles. The zero-order chi connectivity index (χ0) is 15.5. The van der Waals surface area contributed by atoms with Gasteiger partial charge in [0.25, 0.3) is 0 Å². The lowest BCUT2D eigenvalue weighted by Crippen LogP contribution is -2.28. The fourth-order valence-corrected chi connectivity index (χ4v) is 3.27. The third-order valence-electron chi connectivity index (χ3n) is 3.36. The van der Waals surface area contributed by atoms with Crippen LogP contribution in [0.15, 0.2) is 23.1 Å². The molecule has 2 rings (SSSR count). The molecular formula is C14H20N2O3S2. The zero-order valence-corrected chi connectivity index (χ0v) is 13.6. The first-order valence-electron chi connectivity index (χ1n) is 6.88. The molecule has 1 aliphatic rings. The van der Waals surface area contributed by atoms with E-state index >= 15 is 0 Å². The monoisotopic (exact) mass is 328 g/mol. The van der Waals surface area contributed by atoms with Crippen LogP contribution in [0.25, 0.3) is 0 Å². The molecule has 1 fully saturated rings. The third-order valence-corrected chi connectivity index (χ3v) is 5.04. The predicted molar refractivity (Wildman–Crippen MR) is 85.8 cm³/mol. The molecule has 1 saturated carbocycles. The van der Waals surface area contributed by atoms with E-state index in [1.54, 1.807) is 19.1 Å². The molecule has 0 bridgehead atoms. The minimum atomic E-state index is -3.52. The van der Waals surface area contributed by atoms with E-state index in [0.29, 0.717) is 18.1 Å². The first kappa shape index (κ1) is 16.4. The minimum absolute atomic E-state index is 0.210. The number of hydrogen-bond donors (Lipinski definition) is 2. The van der Waals surface area contributed by atoms with Crippen molar-refractivity contribution in [3.8, 4) is 0 Å². The van der Waals surface area contributed by atoms with Gasteiger partial charge in [-0.05, 0) is 43.4 Å². The smallest absolute Gasteiger partial charge is 0.240 e. The maximum Gasteiger partial charge on any atom is 0.240 e. The number of sulfonamides is 1.